The van der Waals surface area contributed by atoms with E-state index in [1.54, 1.807) is 11.1 Å². The number of amides is 1. The number of halogens is 1. The first kappa shape index (κ1) is 23.5. The number of nitriles is 1. The summed E-state index contributed by atoms with van der Waals surface area (Å²) < 4.78 is 13.6. The van der Waals surface area contributed by atoms with Gasteiger partial charge < -0.3 is 15.5 Å². The number of anilines is 3. The van der Waals surface area contributed by atoms with Crippen molar-refractivity contribution in [2.45, 2.75) is 19.0 Å². The molecule has 4 heterocycles. The summed E-state index contributed by atoms with van der Waals surface area (Å²) >= 11 is 1.32. The van der Waals surface area contributed by atoms with Crippen molar-refractivity contribution in [2.24, 2.45) is 0 Å². The van der Waals surface area contributed by atoms with Crippen LogP contribution in [0.4, 0.5) is 21.6 Å². The number of pyridine rings is 1. The summed E-state index contributed by atoms with van der Waals surface area (Å²) in [7, 11) is 7.80. The standard InChI is InChI=1S/C22H22FN6OP3S/c23-11-1-3-28(9-11)20-16(33)5-10(8-26-20)21-27-13-2-4-29(22(30)19(13)34-21)18-12(7-24)17(25)14(31)6-15(18)32/h5-6,8,11H,1-4,9,25,31-33H2. The van der Waals surface area contributed by atoms with Gasteiger partial charge in [0.15, 0.2) is 0 Å². The van der Waals surface area contributed by atoms with Gasteiger partial charge in [-0.3, -0.25) is 4.79 Å². The van der Waals surface area contributed by atoms with Gasteiger partial charge >= 0.3 is 0 Å². The summed E-state index contributed by atoms with van der Waals surface area (Å²) in [5, 5.41) is 12.8. The average Bonchev–Trinajstić information content (AvgIpc) is 3.43. The number of hydrogen-bond donors (Lipinski definition) is 1. The molecule has 2 aliphatic rings. The van der Waals surface area contributed by atoms with E-state index >= 15 is 0 Å². The number of fused-ring (bicyclic) bond motifs is 1. The lowest BCUT2D eigenvalue weighted by molar-refractivity contribution is 0.0984. The molecule has 1 fully saturated rings. The number of nitrogens with zero attached hydrogens (tertiary/aromatic N) is 5. The molecule has 4 unspecified atom stereocenters. The van der Waals surface area contributed by atoms with Crippen molar-refractivity contribution in [2.75, 3.05) is 35.2 Å². The fraction of sp³-hybridized carbons (Fsp3) is 0.273. The summed E-state index contributed by atoms with van der Waals surface area (Å²) in [5.41, 5.74) is 8.87. The maximum Gasteiger partial charge on any atom is 0.270 e. The van der Waals surface area contributed by atoms with E-state index in [1.165, 1.54) is 11.3 Å². The number of hydrogen-bond acceptors (Lipinski definition) is 7. The Bertz CT molecular complexity index is 1370. The fourth-order valence-electron chi connectivity index (χ4n) is 4.37. The molecule has 2 aromatic heterocycles. The molecule has 2 aliphatic heterocycles. The van der Waals surface area contributed by atoms with Gasteiger partial charge in [0.25, 0.3) is 5.91 Å². The van der Waals surface area contributed by atoms with Gasteiger partial charge in [0.05, 0.1) is 29.2 Å². The molecule has 0 saturated carbocycles. The second-order valence-electron chi connectivity index (χ2n) is 8.27. The zero-order valence-corrected chi connectivity index (χ0v) is 22.4. The Morgan fingerprint density at radius 2 is 2.00 bits per heavy atom. The molecule has 174 valence electrons. The van der Waals surface area contributed by atoms with E-state index in [0.29, 0.717) is 59.3 Å². The predicted octanol–water partition coefficient (Wildman–Crippen LogP) is 1.91. The Morgan fingerprint density at radius 1 is 1.21 bits per heavy atom. The smallest absolute Gasteiger partial charge is 0.270 e. The molecular weight excluding hydrogens is 508 g/mol. The first-order valence-electron chi connectivity index (χ1n) is 10.6. The zero-order chi connectivity index (χ0) is 24.1. The lowest BCUT2D eigenvalue weighted by Gasteiger charge is -2.29. The number of nitrogens with two attached hydrogens (primary N) is 1. The molecule has 0 bridgehead atoms. The third-order valence-corrected chi connectivity index (χ3v) is 8.54. The van der Waals surface area contributed by atoms with Crippen LogP contribution in [0.15, 0.2) is 18.3 Å². The molecule has 1 saturated heterocycles. The van der Waals surface area contributed by atoms with E-state index in [2.05, 4.69) is 38.8 Å². The second-order valence-corrected chi connectivity index (χ2v) is 11.1. The van der Waals surface area contributed by atoms with E-state index in [-0.39, 0.29) is 5.91 Å². The molecule has 12 heteroatoms. The van der Waals surface area contributed by atoms with Crippen molar-refractivity contribution < 1.29 is 9.18 Å². The first-order chi connectivity index (χ1) is 16.3. The van der Waals surface area contributed by atoms with Crippen molar-refractivity contribution in [1.29, 1.82) is 5.26 Å². The van der Waals surface area contributed by atoms with Gasteiger partial charge in [-0.05, 0) is 29.2 Å². The van der Waals surface area contributed by atoms with Crippen LogP contribution in [0.25, 0.3) is 10.6 Å². The van der Waals surface area contributed by atoms with Crippen LogP contribution in [0.2, 0.25) is 0 Å². The maximum atomic E-state index is 13.6. The van der Waals surface area contributed by atoms with Gasteiger partial charge in [-0.15, -0.1) is 39.1 Å². The van der Waals surface area contributed by atoms with E-state index in [9.17, 15) is 14.4 Å². The van der Waals surface area contributed by atoms with Crippen LogP contribution in [0, 0.1) is 11.3 Å². The number of nitrogen functional groups attached to an aromatic ring is 1. The maximum absolute atomic E-state index is 13.6. The van der Waals surface area contributed by atoms with E-state index < -0.39 is 6.17 Å². The summed E-state index contributed by atoms with van der Waals surface area (Å²) in [5.74, 6) is 0.562. The molecule has 1 aromatic carbocycles. The molecule has 0 radical (unpaired) electrons. The van der Waals surface area contributed by atoms with Crippen LogP contribution < -0.4 is 31.4 Å². The fourth-order valence-corrected chi connectivity index (χ4v) is 6.84. The van der Waals surface area contributed by atoms with Crippen molar-refractivity contribution in [3.8, 4) is 16.6 Å². The summed E-state index contributed by atoms with van der Waals surface area (Å²) in [4.78, 5) is 26.9. The number of aromatic nitrogens is 2. The van der Waals surface area contributed by atoms with Crippen molar-refractivity contribution in [3.63, 3.8) is 0 Å². The lowest BCUT2D eigenvalue weighted by atomic mass is 10.1. The number of benzene rings is 1. The van der Waals surface area contributed by atoms with Gasteiger partial charge in [0, 0.05) is 36.6 Å². The number of rotatable bonds is 3. The molecule has 0 spiro atoms. The molecule has 3 aromatic rings. The van der Waals surface area contributed by atoms with Gasteiger partial charge in [-0.1, -0.05) is 0 Å². The molecule has 34 heavy (non-hydrogen) atoms. The monoisotopic (exact) mass is 530 g/mol. The van der Waals surface area contributed by atoms with Crippen LogP contribution in [0.3, 0.4) is 0 Å². The van der Waals surface area contributed by atoms with Crippen molar-refractivity contribution >= 4 is 78.1 Å². The molecule has 1 amide bonds. The third kappa shape index (κ3) is 3.97. The van der Waals surface area contributed by atoms with Gasteiger partial charge in [-0.25, -0.2) is 14.4 Å². The Hall–Kier alpha value is -2.22. The number of carbonyl (C=O) groups is 1. The van der Waals surface area contributed by atoms with E-state index in [0.717, 1.165) is 33.0 Å². The zero-order valence-electron chi connectivity index (χ0n) is 18.1. The molecule has 2 N–H and O–H groups in total. The van der Waals surface area contributed by atoms with Crippen LogP contribution >= 0.6 is 39.1 Å². The first-order valence-corrected chi connectivity index (χ1v) is 13.2. The molecular formula is C22H22FN6OP3S. The van der Waals surface area contributed by atoms with Crippen LogP contribution in [-0.4, -0.2) is 41.7 Å². The average molecular weight is 530 g/mol. The highest BCUT2D eigenvalue weighted by molar-refractivity contribution is 7.30. The number of thiazole rings is 1. The largest absolute Gasteiger partial charge is 0.397 e. The van der Waals surface area contributed by atoms with Gasteiger partial charge in [0.1, 0.15) is 27.9 Å². The highest BCUT2D eigenvalue weighted by atomic mass is 32.1. The minimum absolute atomic E-state index is 0.192. The number of alkyl halides is 1. The lowest BCUT2D eigenvalue weighted by Crippen LogP contribution is -2.40. The molecule has 7 nitrogen and oxygen atoms in total. The van der Waals surface area contributed by atoms with Crippen LogP contribution in [0.1, 0.15) is 27.3 Å². The third-order valence-electron chi connectivity index (χ3n) is 6.06. The predicted molar refractivity (Wildman–Crippen MR) is 146 cm³/mol. The highest BCUT2D eigenvalue weighted by Gasteiger charge is 2.33. The van der Waals surface area contributed by atoms with Crippen LogP contribution in [0.5, 0.6) is 0 Å². The Balaban J connectivity index is 1.47. The summed E-state index contributed by atoms with van der Waals surface area (Å²) in [6, 6.07) is 5.95. The summed E-state index contributed by atoms with van der Waals surface area (Å²) in [6.45, 7) is 1.41. The Labute approximate surface area is 207 Å². The number of carbonyl (C=O) groups excluding carboxylic acids is 1. The van der Waals surface area contributed by atoms with Crippen molar-refractivity contribution in [1.82, 2.24) is 9.97 Å². The van der Waals surface area contributed by atoms with Gasteiger partial charge in [0.2, 0.25) is 0 Å². The minimum atomic E-state index is -0.822. The van der Waals surface area contributed by atoms with E-state index in [1.807, 2.05) is 17.0 Å². The summed E-state index contributed by atoms with van der Waals surface area (Å²) in [6.07, 6.45) is 1.99. The topological polar surface area (TPSA) is 99.1 Å². The Morgan fingerprint density at radius 3 is 2.68 bits per heavy atom. The second kappa shape index (κ2) is 9.10. The van der Waals surface area contributed by atoms with Crippen LogP contribution in [-0.2, 0) is 6.42 Å². The Kier molecular flexibility index (Phi) is 6.29. The van der Waals surface area contributed by atoms with Crippen molar-refractivity contribution in [3.05, 3.63) is 34.5 Å². The van der Waals surface area contributed by atoms with E-state index in [4.69, 9.17) is 10.7 Å². The normalized spacial score (nSPS) is 17.7. The molecule has 5 rings (SSSR count). The highest BCUT2D eigenvalue weighted by Crippen LogP contribution is 2.35. The molecule has 0 aliphatic carbocycles. The minimum Gasteiger partial charge on any atom is -0.397 e. The SMILES string of the molecule is N#Cc1c(N)c(P)cc(P)c1N1CCc2nc(-c3cnc(N4CCC(F)C4)c(P)c3)sc2C1=O. The molecule has 4 atom stereocenters. The van der Waals surface area contributed by atoms with Gasteiger partial charge in [-0.2, -0.15) is 5.26 Å². The quantitative estimate of drug-likeness (QED) is 0.411.